The third kappa shape index (κ3) is 2.20. The summed E-state index contributed by atoms with van der Waals surface area (Å²) >= 11 is 0. The highest BCUT2D eigenvalue weighted by molar-refractivity contribution is 5.89. The second kappa shape index (κ2) is 4.41. The number of rotatable bonds is 2. The van der Waals surface area contributed by atoms with E-state index in [4.69, 9.17) is 9.15 Å². The van der Waals surface area contributed by atoms with Crippen LogP contribution in [0.3, 0.4) is 0 Å². The summed E-state index contributed by atoms with van der Waals surface area (Å²) in [4.78, 5) is 23.2. The van der Waals surface area contributed by atoms with Crippen LogP contribution in [0.2, 0.25) is 0 Å². The summed E-state index contributed by atoms with van der Waals surface area (Å²) in [5.74, 6) is -0.678. The summed E-state index contributed by atoms with van der Waals surface area (Å²) in [5, 5.41) is 0.462. The van der Waals surface area contributed by atoms with Gasteiger partial charge in [0.2, 0.25) is 5.76 Å². The molecule has 1 aromatic heterocycles. The van der Waals surface area contributed by atoms with Crippen molar-refractivity contribution in [3.8, 4) is 0 Å². The third-order valence-electron chi connectivity index (χ3n) is 2.36. The first-order chi connectivity index (χ1) is 8.11. The van der Waals surface area contributed by atoms with Crippen LogP contribution in [0.1, 0.15) is 23.0 Å². The fraction of sp³-hybridized carbons (Fsp3) is 0.231. The van der Waals surface area contributed by atoms with E-state index in [1.807, 2.05) is 13.0 Å². The molecule has 17 heavy (non-hydrogen) atoms. The second-order valence-corrected chi connectivity index (χ2v) is 3.69. The number of benzene rings is 1. The van der Waals surface area contributed by atoms with Gasteiger partial charge in [-0.1, -0.05) is 6.07 Å². The number of hydrogen-bond acceptors (Lipinski definition) is 4. The van der Waals surface area contributed by atoms with E-state index in [1.54, 1.807) is 19.1 Å². The maximum absolute atomic E-state index is 11.8. The number of fused-ring (bicyclic) bond motifs is 1. The maximum atomic E-state index is 11.8. The van der Waals surface area contributed by atoms with E-state index in [0.29, 0.717) is 11.0 Å². The van der Waals surface area contributed by atoms with Crippen LogP contribution < -0.4 is 5.43 Å². The van der Waals surface area contributed by atoms with Crippen molar-refractivity contribution >= 4 is 16.9 Å². The van der Waals surface area contributed by atoms with Crippen LogP contribution in [0, 0.1) is 6.92 Å². The highest BCUT2D eigenvalue weighted by atomic mass is 16.5. The minimum Gasteiger partial charge on any atom is -0.460 e. The smallest absolute Gasteiger partial charge is 0.374 e. The summed E-state index contributed by atoms with van der Waals surface area (Å²) < 4.78 is 10.2. The van der Waals surface area contributed by atoms with Crippen molar-refractivity contribution in [2.45, 2.75) is 13.8 Å². The van der Waals surface area contributed by atoms with E-state index in [-0.39, 0.29) is 17.8 Å². The molecule has 4 heteroatoms. The quantitative estimate of drug-likeness (QED) is 0.745. The topological polar surface area (TPSA) is 56.5 Å². The second-order valence-electron chi connectivity index (χ2n) is 3.69. The molecule has 0 radical (unpaired) electrons. The van der Waals surface area contributed by atoms with Gasteiger partial charge in [0.15, 0.2) is 5.43 Å². The zero-order valence-electron chi connectivity index (χ0n) is 9.65. The van der Waals surface area contributed by atoms with Gasteiger partial charge in [-0.05, 0) is 31.5 Å². The highest BCUT2D eigenvalue weighted by Gasteiger charge is 2.12. The van der Waals surface area contributed by atoms with E-state index >= 15 is 0 Å². The first-order valence-electron chi connectivity index (χ1n) is 5.33. The molecular weight excluding hydrogens is 220 g/mol. The van der Waals surface area contributed by atoms with E-state index in [2.05, 4.69) is 0 Å². The molecule has 1 heterocycles. The molecular formula is C13H12O4. The van der Waals surface area contributed by atoms with Crippen LogP contribution >= 0.6 is 0 Å². The molecule has 2 aromatic rings. The molecule has 0 aliphatic heterocycles. The van der Waals surface area contributed by atoms with E-state index < -0.39 is 5.97 Å². The van der Waals surface area contributed by atoms with Gasteiger partial charge in [-0.3, -0.25) is 4.79 Å². The number of hydrogen-bond donors (Lipinski definition) is 0. The van der Waals surface area contributed by atoms with Gasteiger partial charge in [0.05, 0.1) is 12.0 Å². The first-order valence-corrected chi connectivity index (χ1v) is 5.33. The van der Waals surface area contributed by atoms with Crippen molar-refractivity contribution in [2.24, 2.45) is 0 Å². The molecule has 0 aliphatic carbocycles. The van der Waals surface area contributed by atoms with Crippen LogP contribution in [0.5, 0.6) is 0 Å². The molecule has 0 fully saturated rings. The van der Waals surface area contributed by atoms with E-state index in [1.165, 1.54) is 0 Å². The van der Waals surface area contributed by atoms with Gasteiger partial charge in [-0.2, -0.15) is 0 Å². The molecule has 0 saturated carbocycles. The Balaban J connectivity index is 2.61. The fourth-order valence-electron chi connectivity index (χ4n) is 1.57. The molecule has 88 valence electrons. The van der Waals surface area contributed by atoms with Gasteiger partial charge in [0.25, 0.3) is 0 Å². The van der Waals surface area contributed by atoms with Gasteiger partial charge in [0, 0.05) is 6.07 Å². The number of carbonyl (C=O) groups is 1. The molecule has 0 saturated heterocycles. The predicted molar refractivity (Wildman–Crippen MR) is 63.2 cm³/mol. The number of carbonyl (C=O) groups excluding carboxylic acids is 1. The van der Waals surface area contributed by atoms with Crippen LogP contribution in [0.4, 0.5) is 0 Å². The summed E-state index contributed by atoms with van der Waals surface area (Å²) in [6.07, 6.45) is 0. The fourth-order valence-corrected chi connectivity index (χ4v) is 1.57. The molecule has 2 rings (SSSR count). The Kier molecular flexibility index (Phi) is 2.95. The lowest BCUT2D eigenvalue weighted by Crippen LogP contribution is -2.09. The lowest BCUT2D eigenvalue weighted by molar-refractivity contribution is 0.0490. The summed E-state index contributed by atoms with van der Waals surface area (Å²) in [7, 11) is 0. The zero-order chi connectivity index (χ0) is 12.4. The van der Waals surface area contributed by atoms with Gasteiger partial charge in [-0.25, -0.2) is 4.79 Å². The molecule has 0 N–H and O–H groups in total. The Bertz CT molecular complexity index is 625. The average Bonchev–Trinajstić information content (AvgIpc) is 2.28. The number of esters is 1. The van der Waals surface area contributed by atoms with Gasteiger partial charge in [-0.15, -0.1) is 0 Å². The van der Waals surface area contributed by atoms with Crippen LogP contribution in [0.25, 0.3) is 11.0 Å². The Hall–Kier alpha value is -2.10. The number of ether oxygens (including phenoxy) is 1. The molecule has 0 spiro atoms. The van der Waals surface area contributed by atoms with Crippen molar-refractivity contribution < 1.29 is 13.9 Å². The molecule has 0 atom stereocenters. The SMILES string of the molecule is CCOC(=O)c1cc(=O)c2ccc(C)cc2o1. The third-order valence-corrected chi connectivity index (χ3v) is 2.36. The Labute approximate surface area is 97.8 Å². The van der Waals surface area contributed by atoms with Gasteiger partial charge >= 0.3 is 5.97 Å². The molecule has 1 aromatic carbocycles. The predicted octanol–water partition coefficient (Wildman–Crippen LogP) is 2.28. The van der Waals surface area contributed by atoms with Crippen LogP contribution in [-0.4, -0.2) is 12.6 Å². The van der Waals surface area contributed by atoms with Crippen molar-refractivity contribution in [3.05, 3.63) is 45.8 Å². The number of aryl methyl sites for hydroxylation is 1. The maximum Gasteiger partial charge on any atom is 0.374 e. The minimum atomic E-state index is -0.618. The van der Waals surface area contributed by atoms with Crippen LogP contribution in [-0.2, 0) is 4.74 Å². The minimum absolute atomic E-state index is 0.0602. The first kappa shape index (κ1) is 11.4. The molecule has 0 aliphatic rings. The Morgan fingerprint density at radius 1 is 1.35 bits per heavy atom. The monoisotopic (exact) mass is 232 g/mol. The zero-order valence-corrected chi connectivity index (χ0v) is 9.65. The lowest BCUT2D eigenvalue weighted by Gasteiger charge is -2.03. The molecule has 0 bridgehead atoms. The molecule has 4 nitrogen and oxygen atoms in total. The summed E-state index contributed by atoms with van der Waals surface area (Å²) in [6.45, 7) is 3.83. The summed E-state index contributed by atoms with van der Waals surface area (Å²) in [6, 6.07) is 6.39. The van der Waals surface area contributed by atoms with Gasteiger partial charge < -0.3 is 9.15 Å². The van der Waals surface area contributed by atoms with Crippen molar-refractivity contribution in [1.29, 1.82) is 0 Å². The van der Waals surface area contributed by atoms with E-state index in [0.717, 1.165) is 11.6 Å². The van der Waals surface area contributed by atoms with Gasteiger partial charge in [0.1, 0.15) is 5.58 Å². The van der Waals surface area contributed by atoms with Crippen LogP contribution in [0.15, 0.2) is 33.5 Å². The van der Waals surface area contributed by atoms with Crippen molar-refractivity contribution in [3.63, 3.8) is 0 Å². The largest absolute Gasteiger partial charge is 0.460 e. The van der Waals surface area contributed by atoms with Crippen molar-refractivity contribution in [2.75, 3.05) is 6.61 Å². The molecule has 0 unspecified atom stereocenters. The average molecular weight is 232 g/mol. The molecule has 0 amide bonds. The Morgan fingerprint density at radius 2 is 2.12 bits per heavy atom. The summed E-state index contributed by atoms with van der Waals surface area (Å²) in [5.41, 5.74) is 1.12. The highest BCUT2D eigenvalue weighted by Crippen LogP contribution is 2.14. The normalized spacial score (nSPS) is 10.5. The standard InChI is InChI=1S/C13H12O4/c1-3-16-13(15)12-7-10(14)9-5-4-8(2)6-11(9)17-12/h4-7H,3H2,1-2H3. The Morgan fingerprint density at radius 3 is 2.82 bits per heavy atom. The van der Waals surface area contributed by atoms with Crippen molar-refractivity contribution in [1.82, 2.24) is 0 Å². The lowest BCUT2D eigenvalue weighted by atomic mass is 10.1. The van der Waals surface area contributed by atoms with E-state index in [9.17, 15) is 9.59 Å².